The molecule has 0 aliphatic carbocycles. The summed E-state index contributed by atoms with van der Waals surface area (Å²) in [5.41, 5.74) is 9.42. The van der Waals surface area contributed by atoms with Crippen molar-refractivity contribution in [3.8, 4) is 0 Å². The fourth-order valence-electron chi connectivity index (χ4n) is 2.25. The SMILES string of the molecule is C=CNCCCC(C(=C)N)c1ccccc1CC. The van der Waals surface area contributed by atoms with Crippen LogP contribution in [0.15, 0.2) is 49.3 Å². The lowest BCUT2D eigenvalue weighted by atomic mass is 9.87. The maximum atomic E-state index is 5.97. The van der Waals surface area contributed by atoms with Crippen LogP contribution in [0.3, 0.4) is 0 Å². The van der Waals surface area contributed by atoms with E-state index in [0.29, 0.717) is 0 Å². The predicted molar refractivity (Wildman–Crippen MR) is 79.3 cm³/mol. The summed E-state index contributed by atoms with van der Waals surface area (Å²) in [5.74, 6) is 0.257. The second kappa shape index (κ2) is 7.59. The summed E-state index contributed by atoms with van der Waals surface area (Å²) in [6.45, 7) is 10.7. The largest absolute Gasteiger partial charge is 0.402 e. The molecule has 98 valence electrons. The van der Waals surface area contributed by atoms with Crippen LogP contribution >= 0.6 is 0 Å². The van der Waals surface area contributed by atoms with Crippen LogP contribution in [0.25, 0.3) is 0 Å². The smallest absolute Gasteiger partial charge is 0.0232 e. The Kier molecular flexibility index (Phi) is 6.06. The third kappa shape index (κ3) is 3.95. The second-order valence-electron chi connectivity index (χ2n) is 4.48. The van der Waals surface area contributed by atoms with Gasteiger partial charge in [0.05, 0.1) is 0 Å². The fourth-order valence-corrected chi connectivity index (χ4v) is 2.25. The van der Waals surface area contributed by atoms with E-state index in [4.69, 9.17) is 5.73 Å². The third-order valence-corrected chi connectivity index (χ3v) is 3.22. The van der Waals surface area contributed by atoms with Crippen LogP contribution in [0.1, 0.15) is 36.8 Å². The van der Waals surface area contributed by atoms with E-state index in [-0.39, 0.29) is 5.92 Å². The van der Waals surface area contributed by atoms with Crippen molar-refractivity contribution in [1.82, 2.24) is 5.32 Å². The molecular formula is C16H24N2. The van der Waals surface area contributed by atoms with E-state index < -0.39 is 0 Å². The Morgan fingerprint density at radius 3 is 2.78 bits per heavy atom. The van der Waals surface area contributed by atoms with Gasteiger partial charge in [0.15, 0.2) is 0 Å². The fraction of sp³-hybridized carbons (Fsp3) is 0.375. The number of aryl methyl sites for hydroxylation is 1. The van der Waals surface area contributed by atoms with Gasteiger partial charge in [0.25, 0.3) is 0 Å². The lowest BCUT2D eigenvalue weighted by Gasteiger charge is -2.20. The van der Waals surface area contributed by atoms with E-state index in [9.17, 15) is 0 Å². The predicted octanol–water partition coefficient (Wildman–Crippen LogP) is 3.32. The summed E-state index contributed by atoms with van der Waals surface area (Å²) < 4.78 is 0. The molecule has 0 heterocycles. The quantitative estimate of drug-likeness (QED) is 0.688. The van der Waals surface area contributed by atoms with Gasteiger partial charge in [0, 0.05) is 18.2 Å². The lowest BCUT2D eigenvalue weighted by Crippen LogP contribution is -2.14. The van der Waals surface area contributed by atoms with Crippen molar-refractivity contribution in [3.63, 3.8) is 0 Å². The first kappa shape index (κ1) is 14.4. The van der Waals surface area contributed by atoms with Crippen LogP contribution in [0.4, 0.5) is 0 Å². The molecule has 3 N–H and O–H groups in total. The molecular weight excluding hydrogens is 220 g/mol. The lowest BCUT2D eigenvalue weighted by molar-refractivity contribution is 0.626. The average Bonchev–Trinajstić information content (AvgIpc) is 2.38. The van der Waals surface area contributed by atoms with Crippen molar-refractivity contribution < 1.29 is 0 Å². The van der Waals surface area contributed by atoms with E-state index in [0.717, 1.165) is 31.5 Å². The number of nitrogens with one attached hydrogen (secondary N) is 1. The van der Waals surface area contributed by atoms with Gasteiger partial charge in [-0.3, -0.25) is 0 Å². The van der Waals surface area contributed by atoms with Gasteiger partial charge in [0.1, 0.15) is 0 Å². The van der Waals surface area contributed by atoms with E-state index in [1.165, 1.54) is 11.1 Å². The Hall–Kier alpha value is -1.70. The van der Waals surface area contributed by atoms with Crippen molar-refractivity contribution in [1.29, 1.82) is 0 Å². The standard InChI is InChI=1S/C16H24N2/c1-4-14-9-6-7-10-16(14)15(13(3)17)11-8-12-18-5-2/h5-7,9-10,15,18H,2-4,8,11-12,17H2,1H3. The van der Waals surface area contributed by atoms with Crippen LogP contribution < -0.4 is 11.1 Å². The number of hydrogen-bond donors (Lipinski definition) is 2. The molecule has 1 aromatic rings. The first-order valence-corrected chi connectivity index (χ1v) is 6.57. The molecule has 0 aliphatic rings. The van der Waals surface area contributed by atoms with Gasteiger partial charge >= 0.3 is 0 Å². The zero-order valence-electron chi connectivity index (χ0n) is 11.3. The number of hydrogen-bond acceptors (Lipinski definition) is 2. The van der Waals surface area contributed by atoms with Crippen molar-refractivity contribution in [2.45, 2.75) is 32.1 Å². The maximum Gasteiger partial charge on any atom is 0.0232 e. The molecule has 1 aromatic carbocycles. The molecule has 2 heteroatoms. The monoisotopic (exact) mass is 244 g/mol. The highest BCUT2D eigenvalue weighted by Crippen LogP contribution is 2.28. The Bertz CT molecular complexity index is 396. The van der Waals surface area contributed by atoms with E-state index in [1.54, 1.807) is 6.20 Å². The van der Waals surface area contributed by atoms with E-state index in [1.807, 2.05) is 0 Å². The maximum absolute atomic E-state index is 5.97. The minimum atomic E-state index is 0.257. The molecule has 1 atom stereocenters. The minimum absolute atomic E-state index is 0.257. The van der Waals surface area contributed by atoms with Crippen molar-refractivity contribution in [2.24, 2.45) is 5.73 Å². The summed E-state index contributed by atoms with van der Waals surface area (Å²) in [4.78, 5) is 0. The molecule has 1 rings (SSSR count). The Morgan fingerprint density at radius 2 is 2.17 bits per heavy atom. The van der Waals surface area contributed by atoms with Crippen molar-refractivity contribution in [3.05, 3.63) is 60.4 Å². The Balaban J connectivity index is 2.77. The van der Waals surface area contributed by atoms with Gasteiger partial charge in [-0.2, -0.15) is 0 Å². The second-order valence-corrected chi connectivity index (χ2v) is 4.48. The average molecular weight is 244 g/mol. The molecule has 2 nitrogen and oxygen atoms in total. The molecule has 0 aliphatic heterocycles. The number of nitrogens with two attached hydrogens (primary N) is 1. The summed E-state index contributed by atoms with van der Waals surface area (Å²) in [6.07, 6.45) is 4.84. The van der Waals surface area contributed by atoms with Crippen molar-refractivity contribution in [2.75, 3.05) is 6.54 Å². The summed E-state index contributed by atoms with van der Waals surface area (Å²) in [5, 5.41) is 3.12. The summed E-state index contributed by atoms with van der Waals surface area (Å²) in [7, 11) is 0. The molecule has 0 bridgehead atoms. The first-order chi connectivity index (χ1) is 8.70. The number of benzene rings is 1. The summed E-state index contributed by atoms with van der Waals surface area (Å²) >= 11 is 0. The summed E-state index contributed by atoms with van der Waals surface area (Å²) in [6, 6.07) is 8.50. The van der Waals surface area contributed by atoms with Crippen LogP contribution in [0.5, 0.6) is 0 Å². The van der Waals surface area contributed by atoms with Gasteiger partial charge in [-0.25, -0.2) is 0 Å². The van der Waals surface area contributed by atoms with Gasteiger partial charge < -0.3 is 11.1 Å². The third-order valence-electron chi connectivity index (χ3n) is 3.22. The highest BCUT2D eigenvalue weighted by molar-refractivity contribution is 5.34. The molecule has 0 radical (unpaired) electrons. The van der Waals surface area contributed by atoms with Gasteiger partial charge in [0.2, 0.25) is 0 Å². The molecule has 0 saturated carbocycles. The number of rotatable bonds is 8. The Labute approximate surface area is 111 Å². The zero-order chi connectivity index (χ0) is 13.4. The highest BCUT2D eigenvalue weighted by Gasteiger charge is 2.15. The van der Waals surface area contributed by atoms with Gasteiger partial charge in [-0.15, -0.1) is 0 Å². The molecule has 0 spiro atoms. The molecule has 0 amide bonds. The zero-order valence-corrected chi connectivity index (χ0v) is 11.3. The van der Waals surface area contributed by atoms with E-state index in [2.05, 4.69) is 49.7 Å². The topological polar surface area (TPSA) is 38.0 Å². The minimum Gasteiger partial charge on any atom is -0.402 e. The number of allylic oxidation sites excluding steroid dienone is 1. The first-order valence-electron chi connectivity index (χ1n) is 6.57. The molecule has 1 unspecified atom stereocenters. The van der Waals surface area contributed by atoms with Crippen LogP contribution in [0, 0.1) is 0 Å². The molecule has 0 fully saturated rings. The highest BCUT2D eigenvalue weighted by atomic mass is 14.8. The van der Waals surface area contributed by atoms with Crippen LogP contribution in [0.2, 0.25) is 0 Å². The van der Waals surface area contributed by atoms with Gasteiger partial charge in [-0.1, -0.05) is 44.3 Å². The molecule has 0 saturated heterocycles. The van der Waals surface area contributed by atoms with E-state index >= 15 is 0 Å². The normalized spacial score (nSPS) is 11.8. The molecule has 0 aromatic heterocycles. The molecule has 18 heavy (non-hydrogen) atoms. The van der Waals surface area contributed by atoms with Crippen LogP contribution in [-0.2, 0) is 6.42 Å². The van der Waals surface area contributed by atoms with Gasteiger partial charge in [-0.05, 0) is 36.6 Å². The Morgan fingerprint density at radius 1 is 1.44 bits per heavy atom. The van der Waals surface area contributed by atoms with Crippen molar-refractivity contribution >= 4 is 0 Å². The van der Waals surface area contributed by atoms with Crippen LogP contribution in [-0.4, -0.2) is 6.54 Å².